The van der Waals surface area contributed by atoms with E-state index in [0.29, 0.717) is 5.82 Å². The van der Waals surface area contributed by atoms with Crippen molar-refractivity contribution in [1.29, 1.82) is 0 Å². The van der Waals surface area contributed by atoms with Gasteiger partial charge in [0.25, 0.3) is 0 Å². The first-order valence-corrected chi connectivity index (χ1v) is 13.9. The lowest BCUT2D eigenvalue weighted by atomic mass is 9.98. The largest absolute Gasteiger partial charge is 0.328 e. The van der Waals surface area contributed by atoms with E-state index in [1.807, 2.05) is 18.2 Å². The van der Waals surface area contributed by atoms with E-state index in [2.05, 4.69) is 107 Å². The Labute approximate surface area is 234 Å². The lowest BCUT2D eigenvalue weighted by molar-refractivity contribution is 0.721. The van der Waals surface area contributed by atoms with E-state index in [9.17, 15) is 0 Å². The average Bonchev–Trinajstić information content (AvgIpc) is 3.69. The van der Waals surface area contributed by atoms with Crippen molar-refractivity contribution in [3.8, 4) is 33.9 Å². The number of nitrogens with one attached hydrogen (secondary N) is 1. The average molecular weight is 531 g/mol. The molecule has 0 aliphatic carbocycles. The van der Waals surface area contributed by atoms with E-state index in [1.165, 1.54) is 16.8 Å². The quantitative estimate of drug-likeness (QED) is 0.237. The Balaban J connectivity index is 1.40. The molecule has 40 heavy (non-hydrogen) atoms. The number of benzene rings is 3. The molecule has 0 aliphatic heterocycles. The fourth-order valence-corrected chi connectivity index (χ4v) is 5.60. The molecule has 0 saturated carbocycles. The summed E-state index contributed by atoms with van der Waals surface area (Å²) in [5.41, 5.74) is 11.2. The van der Waals surface area contributed by atoms with Crippen molar-refractivity contribution in [3.63, 3.8) is 0 Å². The van der Waals surface area contributed by atoms with Crippen LogP contribution in [0.3, 0.4) is 0 Å². The van der Waals surface area contributed by atoms with Crippen molar-refractivity contribution >= 4 is 11.0 Å². The van der Waals surface area contributed by atoms with Crippen molar-refractivity contribution in [2.75, 3.05) is 0 Å². The van der Waals surface area contributed by atoms with Crippen molar-refractivity contribution < 1.29 is 0 Å². The van der Waals surface area contributed by atoms with Gasteiger partial charge in [-0.1, -0.05) is 55.5 Å². The number of rotatable bonds is 8. The minimum Gasteiger partial charge on any atom is -0.328 e. The van der Waals surface area contributed by atoms with Crippen molar-refractivity contribution in [2.45, 2.75) is 60.5 Å². The van der Waals surface area contributed by atoms with Gasteiger partial charge < -0.3 is 9.13 Å². The number of imidazole rings is 2. The third kappa shape index (κ3) is 4.49. The molecule has 0 spiro atoms. The molecule has 8 heteroatoms. The minimum absolute atomic E-state index is 0.592. The molecule has 6 aromatic rings. The van der Waals surface area contributed by atoms with Gasteiger partial charge in [0.2, 0.25) is 5.82 Å². The van der Waals surface area contributed by atoms with Gasteiger partial charge in [0, 0.05) is 36.3 Å². The molecule has 0 atom stereocenters. The molecule has 8 nitrogen and oxygen atoms in total. The zero-order valence-corrected chi connectivity index (χ0v) is 23.7. The topological polar surface area (TPSA) is 90.1 Å². The first kappa shape index (κ1) is 25.7. The Bertz CT molecular complexity index is 1790. The Morgan fingerprint density at radius 1 is 0.825 bits per heavy atom. The van der Waals surface area contributed by atoms with Crippen molar-refractivity contribution in [3.05, 3.63) is 89.0 Å². The molecule has 0 aliphatic rings. The highest BCUT2D eigenvalue weighted by molar-refractivity contribution is 5.85. The predicted octanol–water partition coefficient (Wildman–Crippen LogP) is 6.69. The zero-order valence-electron chi connectivity index (χ0n) is 23.7. The summed E-state index contributed by atoms with van der Waals surface area (Å²) in [6, 6.07) is 21.4. The van der Waals surface area contributed by atoms with Crippen LogP contribution in [0.15, 0.2) is 60.7 Å². The van der Waals surface area contributed by atoms with Crippen molar-refractivity contribution in [2.24, 2.45) is 0 Å². The second-order valence-corrected chi connectivity index (χ2v) is 10.4. The van der Waals surface area contributed by atoms with E-state index >= 15 is 0 Å². The summed E-state index contributed by atoms with van der Waals surface area (Å²) in [5.74, 6) is 2.74. The van der Waals surface area contributed by atoms with Gasteiger partial charge in [0.1, 0.15) is 11.6 Å². The summed E-state index contributed by atoms with van der Waals surface area (Å²) < 4.78 is 4.69. The third-order valence-corrected chi connectivity index (χ3v) is 7.75. The number of hydrogen-bond acceptors (Lipinski definition) is 5. The smallest absolute Gasteiger partial charge is 0.205 e. The number of aromatic nitrogens is 8. The molecule has 0 bridgehead atoms. The van der Waals surface area contributed by atoms with Crippen LogP contribution in [0.1, 0.15) is 48.6 Å². The van der Waals surface area contributed by atoms with Crippen LogP contribution in [0.2, 0.25) is 0 Å². The van der Waals surface area contributed by atoms with Gasteiger partial charge in [-0.05, 0) is 73.7 Å². The second-order valence-electron chi connectivity index (χ2n) is 10.4. The van der Waals surface area contributed by atoms with Crippen molar-refractivity contribution in [1.82, 2.24) is 39.7 Å². The van der Waals surface area contributed by atoms with Gasteiger partial charge in [0.15, 0.2) is 0 Å². The maximum Gasteiger partial charge on any atom is 0.205 e. The normalized spacial score (nSPS) is 11.5. The highest BCUT2D eigenvalue weighted by Crippen LogP contribution is 2.32. The Hall–Kier alpha value is -4.59. The summed E-state index contributed by atoms with van der Waals surface area (Å²) in [7, 11) is 0. The Morgan fingerprint density at radius 2 is 1.60 bits per heavy atom. The number of fused-ring (bicyclic) bond motifs is 1. The number of H-pyrrole nitrogens is 1. The molecule has 0 unspecified atom stereocenters. The summed E-state index contributed by atoms with van der Waals surface area (Å²) in [4.78, 5) is 10.1. The standard InChI is InChI=1S/C32H34N8/c1-6-10-29-34-30-20(3)17-25(32-33-21(4)22(5)39(32)7-2)18-28(30)40(29)19-23-13-15-24(16-14-23)26-11-8-9-12-27(26)31-35-37-38-36-31/h8-9,11-18H,6-7,10,19H2,1-5H3,(H,35,36,37,38). The maximum atomic E-state index is 5.12. The van der Waals surface area contributed by atoms with Gasteiger partial charge in [-0.2, -0.15) is 5.21 Å². The zero-order chi connectivity index (χ0) is 27.8. The van der Waals surface area contributed by atoms with Gasteiger partial charge in [0.05, 0.1) is 16.7 Å². The summed E-state index contributed by atoms with van der Waals surface area (Å²) in [6.45, 7) is 12.4. The molecule has 0 amide bonds. The van der Waals surface area contributed by atoms with Crippen LogP contribution in [0, 0.1) is 20.8 Å². The van der Waals surface area contributed by atoms with E-state index in [1.54, 1.807) is 0 Å². The number of hydrogen-bond donors (Lipinski definition) is 1. The number of tetrazole rings is 1. The lowest BCUT2D eigenvalue weighted by Gasteiger charge is -2.12. The number of nitrogens with zero attached hydrogens (tertiary/aromatic N) is 7. The fraction of sp³-hybridized carbons (Fsp3) is 0.281. The summed E-state index contributed by atoms with van der Waals surface area (Å²) in [6.07, 6.45) is 1.97. The highest BCUT2D eigenvalue weighted by atomic mass is 15.5. The van der Waals surface area contributed by atoms with Crippen LogP contribution in [0.5, 0.6) is 0 Å². The number of aromatic amines is 1. The molecular formula is C32H34N8. The molecule has 0 saturated heterocycles. The van der Waals surface area contributed by atoms with Crippen LogP contribution in [0.25, 0.3) is 44.9 Å². The van der Waals surface area contributed by atoms with Crippen LogP contribution in [-0.4, -0.2) is 39.7 Å². The maximum absolute atomic E-state index is 5.12. The molecule has 6 rings (SSSR count). The predicted molar refractivity (Wildman–Crippen MR) is 159 cm³/mol. The van der Waals surface area contributed by atoms with Gasteiger partial charge in [-0.3, -0.25) is 0 Å². The molecule has 0 fully saturated rings. The molecule has 1 N–H and O–H groups in total. The third-order valence-electron chi connectivity index (χ3n) is 7.75. The molecule has 3 heterocycles. The SMILES string of the molecule is CCCc1nc2c(C)cc(-c3nc(C)c(C)n3CC)cc2n1Cc1ccc(-c2ccccc2-c2nn[nH]n2)cc1. The first-order chi connectivity index (χ1) is 19.5. The molecule has 3 aromatic heterocycles. The van der Waals surface area contributed by atoms with E-state index in [-0.39, 0.29) is 0 Å². The monoisotopic (exact) mass is 530 g/mol. The van der Waals surface area contributed by atoms with Crippen LogP contribution in [-0.2, 0) is 19.5 Å². The highest BCUT2D eigenvalue weighted by Gasteiger charge is 2.18. The van der Waals surface area contributed by atoms with Crippen LogP contribution in [0.4, 0.5) is 0 Å². The molecule has 3 aromatic carbocycles. The summed E-state index contributed by atoms with van der Waals surface area (Å²) in [5, 5.41) is 14.7. The minimum atomic E-state index is 0.592. The van der Waals surface area contributed by atoms with Gasteiger partial charge in [-0.25, -0.2) is 9.97 Å². The summed E-state index contributed by atoms with van der Waals surface area (Å²) >= 11 is 0. The second kappa shape index (κ2) is 10.5. The van der Waals surface area contributed by atoms with Crippen LogP contribution >= 0.6 is 0 Å². The van der Waals surface area contributed by atoms with E-state index < -0.39 is 0 Å². The van der Waals surface area contributed by atoms with E-state index in [4.69, 9.17) is 9.97 Å². The molecule has 202 valence electrons. The fourth-order valence-electron chi connectivity index (χ4n) is 5.60. The lowest BCUT2D eigenvalue weighted by Crippen LogP contribution is -2.05. The van der Waals surface area contributed by atoms with Crippen LogP contribution < -0.4 is 0 Å². The van der Waals surface area contributed by atoms with Gasteiger partial charge in [-0.15, -0.1) is 10.2 Å². The van der Waals surface area contributed by atoms with Gasteiger partial charge >= 0.3 is 0 Å². The Kier molecular flexibility index (Phi) is 6.76. The van der Waals surface area contributed by atoms with E-state index in [0.717, 1.165) is 76.6 Å². The Morgan fingerprint density at radius 3 is 2.30 bits per heavy atom. The number of aryl methyl sites for hydroxylation is 3. The first-order valence-electron chi connectivity index (χ1n) is 13.9. The molecular weight excluding hydrogens is 496 g/mol. The molecule has 0 radical (unpaired) electrons.